The lowest BCUT2D eigenvalue weighted by atomic mass is 10.1. The van der Waals surface area contributed by atoms with Gasteiger partial charge in [0, 0.05) is 21.6 Å². The molecule has 0 aliphatic carbocycles. The predicted octanol–water partition coefficient (Wildman–Crippen LogP) is 5.27. The monoisotopic (exact) mass is 445 g/mol. The number of benzene rings is 2. The molecule has 0 spiro atoms. The molecule has 27 heavy (non-hydrogen) atoms. The molecule has 0 saturated carbocycles. The highest BCUT2D eigenvalue weighted by atomic mass is 79.9. The summed E-state index contributed by atoms with van der Waals surface area (Å²) in [5.41, 5.74) is 1.64. The highest BCUT2D eigenvalue weighted by Crippen LogP contribution is 2.29. The molecule has 2 aromatic carbocycles. The maximum absolute atomic E-state index is 12.5. The minimum atomic E-state index is 0.0526. The molecule has 0 aliphatic rings. The SMILES string of the molecule is COc1ccc(-c2nnc(SCC(=O)c3ccccc3Br)n2C(C)C)cc1. The summed E-state index contributed by atoms with van der Waals surface area (Å²) < 4.78 is 8.08. The quantitative estimate of drug-likeness (QED) is 0.366. The van der Waals surface area contributed by atoms with Crippen LogP contribution in [0.1, 0.15) is 30.2 Å². The van der Waals surface area contributed by atoms with Gasteiger partial charge in [-0.1, -0.05) is 45.9 Å². The van der Waals surface area contributed by atoms with Crippen molar-refractivity contribution in [3.63, 3.8) is 0 Å². The van der Waals surface area contributed by atoms with Gasteiger partial charge in [0.2, 0.25) is 0 Å². The molecule has 7 heteroatoms. The number of thioether (sulfide) groups is 1. The second-order valence-corrected chi connectivity index (χ2v) is 7.99. The number of hydrogen-bond donors (Lipinski definition) is 0. The first-order valence-electron chi connectivity index (χ1n) is 8.51. The first-order chi connectivity index (χ1) is 13.0. The molecule has 5 nitrogen and oxygen atoms in total. The van der Waals surface area contributed by atoms with Crippen molar-refractivity contribution in [1.82, 2.24) is 14.8 Å². The molecular formula is C20H20BrN3O2S. The smallest absolute Gasteiger partial charge is 0.192 e. The van der Waals surface area contributed by atoms with E-state index >= 15 is 0 Å². The van der Waals surface area contributed by atoms with Crippen LogP contribution in [0.25, 0.3) is 11.4 Å². The zero-order valence-electron chi connectivity index (χ0n) is 15.3. The molecule has 0 radical (unpaired) electrons. The first kappa shape index (κ1) is 19.6. The summed E-state index contributed by atoms with van der Waals surface area (Å²) in [4.78, 5) is 12.5. The molecule has 0 unspecified atom stereocenters. The number of rotatable bonds is 7. The van der Waals surface area contributed by atoms with Crippen LogP contribution in [0.5, 0.6) is 5.75 Å². The molecule has 0 bridgehead atoms. The Balaban J connectivity index is 1.83. The number of carbonyl (C=O) groups excluding carboxylic acids is 1. The predicted molar refractivity (Wildman–Crippen MR) is 112 cm³/mol. The summed E-state index contributed by atoms with van der Waals surface area (Å²) in [6, 6.07) is 15.3. The number of aromatic nitrogens is 3. The molecule has 1 heterocycles. The van der Waals surface area contributed by atoms with Crippen LogP contribution in [-0.4, -0.2) is 33.4 Å². The van der Waals surface area contributed by atoms with Gasteiger partial charge >= 0.3 is 0 Å². The molecule has 0 amide bonds. The fourth-order valence-corrected chi connectivity index (χ4v) is 4.13. The zero-order chi connectivity index (χ0) is 19.4. The van der Waals surface area contributed by atoms with Crippen molar-refractivity contribution < 1.29 is 9.53 Å². The summed E-state index contributed by atoms with van der Waals surface area (Å²) in [6.45, 7) is 4.16. The third-order valence-corrected chi connectivity index (χ3v) is 5.67. The highest BCUT2D eigenvalue weighted by molar-refractivity contribution is 9.10. The van der Waals surface area contributed by atoms with Crippen molar-refractivity contribution in [3.8, 4) is 17.1 Å². The van der Waals surface area contributed by atoms with E-state index in [1.807, 2.05) is 48.5 Å². The summed E-state index contributed by atoms with van der Waals surface area (Å²) >= 11 is 4.84. The van der Waals surface area contributed by atoms with Crippen molar-refractivity contribution in [3.05, 3.63) is 58.6 Å². The maximum Gasteiger partial charge on any atom is 0.192 e. The van der Waals surface area contributed by atoms with Crippen molar-refractivity contribution >= 4 is 33.5 Å². The summed E-state index contributed by atoms with van der Waals surface area (Å²) in [5.74, 6) is 1.93. The molecular weight excluding hydrogens is 426 g/mol. The van der Waals surface area contributed by atoms with Crippen molar-refractivity contribution in [1.29, 1.82) is 0 Å². The van der Waals surface area contributed by atoms with E-state index < -0.39 is 0 Å². The maximum atomic E-state index is 12.5. The van der Waals surface area contributed by atoms with Crippen LogP contribution >= 0.6 is 27.7 Å². The van der Waals surface area contributed by atoms with Gasteiger partial charge in [-0.25, -0.2) is 0 Å². The van der Waals surface area contributed by atoms with Crippen LogP contribution in [0.4, 0.5) is 0 Å². The zero-order valence-corrected chi connectivity index (χ0v) is 17.8. The Hall–Kier alpha value is -2.12. The molecule has 0 saturated heterocycles. The van der Waals surface area contributed by atoms with Crippen LogP contribution in [0, 0.1) is 0 Å². The first-order valence-corrected chi connectivity index (χ1v) is 10.3. The molecule has 1 aromatic heterocycles. The molecule has 0 fully saturated rings. The van der Waals surface area contributed by atoms with Crippen molar-refractivity contribution in [2.24, 2.45) is 0 Å². The summed E-state index contributed by atoms with van der Waals surface area (Å²) in [6.07, 6.45) is 0. The van der Waals surface area contributed by atoms with Crippen molar-refractivity contribution in [2.45, 2.75) is 25.0 Å². The summed E-state index contributed by atoms with van der Waals surface area (Å²) in [5, 5.41) is 9.42. The fraction of sp³-hybridized carbons (Fsp3) is 0.250. The Kier molecular flexibility index (Phi) is 6.34. The number of ether oxygens (including phenoxy) is 1. The largest absolute Gasteiger partial charge is 0.497 e. The Morgan fingerprint density at radius 1 is 1.15 bits per heavy atom. The van der Waals surface area contributed by atoms with Gasteiger partial charge in [-0.2, -0.15) is 0 Å². The van der Waals surface area contributed by atoms with E-state index in [2.05, 4.69) is 44.5 Å². The van der Waals surface area contributed by atoms with Gasteiger partial charge in [0.1, 0.15) is 5.75 Å². The standard InChI is InChI=1S/C20H20BrN3O2S/c1-13(2)24-19(14-8-10-15(26-3)11-9-14)22-23-20(24)27-12-18(25)16-6-4-5-7-17(16)21/h4-11,13H,12H2,1-3H3. The van der Waals surface area contributed by atoms with Crippen molar-refractivity contribution in [2.75, 3.05) is 12.9 Å². The highest BCUT2D eigenvalue weighted by Gasteiger charge is 2.19. The number of hydrogen-bond acceptors (Lipinski definition) is 5. The van der Waals surface area contributed by atoms with Crippen LogP contribution < -0.4 is 4.74 Å². The van der Waals surface area contributed by atoms with Gasteiger partial charge in [0.15, 0.2) is 16.8 Å². The Morgan fingerprint density at radius 3 is 2.48 bits per heavy atom. The van der Waals surface area contributed by atoms with E-state index in [0.717, 1.165) is 26.8 Å². The number of Topliss-reactive ketones (excluding diaryl/α,β-unsaturated/α-hetero) is 1. The third kappa shape index (κ3) is 4.42. The Labute approximate surface area is 171 Å². The average molecular weight is 446 g/mol. The molecule has 0 atom stereocenters. The minimum Gasteiger partial charge on any atom is -0.497 e. The van der Waals surface area contributed by atoms with Gasteiger partial charge in [0.25, 0.3) is 0 Å². The topological polar surface area (TPSA) is 57.0 Å². The third-order valence-electron chi connectivity index (χ3n) is 4.04. The lowest BCUT2D eigenvalue weighted by Gasteiger charge is -2.14. The van der Waals surface area contributed by atoms with Crippen LogP contribution in [-0.2, 0) is 0 Å². The van der Waals surface area contributed by atoms with Gasteiger partial charge in [-0.15, -0.1) is 10.2 Å². The van der Waals surface area contributed by atoms with Gasteiger partial charge in [-0.05, 0) is 44.2 Å². The van der Waals surface area contributed by atoms with Gasteiger partial charge in [-0.3, -0.25) is 9.36 Å². The molecule has 0 aliphatic heterocycles. The number of nitrogens with zero attached hydrogens (tertiary/aromatic N) is 3. The second kappa shape index (κ2) is 8.71. The van der Waals surface area contributed by atoms with Crippen LogP contribution in [0.15, 0.2) is 58.2 Å². The molecule has 3 aromatic rings. The molecule has 0 N–H and O–H groups in total. The van der Waals surface area contributed by atoms with E-state index in [-0.39, 0.29) is 11.8 Å². The number of methoxy groups -OCH3 is 1. The lowest BCUT2D eigenvalue weighted by Crippen LogP contribution is -2.08. The minimum absolute atomic E-state index is 0.0526. The van der Waals surface area contributed by atoms with E-state index in [1.165, 1.54) is 11.8 Å². The Morgan fingerprint density at radius 2 is 1.85 bits per heavy atom. The number of halogens is 1. The van der Waals surface area contributed by atoms with Crippen LogP contribution in [0.3, 0.4) is 0 Å². The van der Waals surface area contributed by atoms with Crippen LogP contribution in [0.2, 0.25) is 0 Å². The molecule has 140 valence electrons. The molecule has 3 rings (SSSR count). The second-order valence-electron chi connectivity index (χ2n) is 6.19. The fourth-order valence-electron chi connectivity index (χ4n) is 2.67. The lowest BCUT2D eigenvalue weighted by molar-refractivity contribution is 0.102. The van der Waals surface area contributed by atoms with E-state index in [4.69, 9.17) is 4.74 Å². The van der Waals surface area contributed by atoms with E-state index in [0.29, 0.717) is 11.3 Å². The number of ketones is 1. The summed E-state index contributed by atoms with van der Waals surface area (Å²) in [7, 11) is 1.64. The van der Waals surface area contributed by atoms with Gasteiger partial charge in [0.05, 0.1) is 12.9 Å². The number of carbonyl (C=O) groups is 1. The van der Waals surface area contributed by atoms with E-state index in [1.54, 1.807) is 7.11 Å². The normalized spacial score (nSPS) is 11.0. The Bertz CT molecular complexity index is 939. The average Bonchev–Trinajstić information content (AvgIpc) is 3.11. The van der Waals surface area contributed by atoms with E-state index in [9.17, 15) is 4.79 Å². The van der Waals surface area contributed by atoms with Gasteiger partial charge < -0.3 is 4.74 Å².